The van der Waals surface area contributed by atoms with Crippen molar-refractivity contribution in [2.45, 2.75) is 38.5 Å². The van der Waals surface area contributed by atoms with Crippen LogP contribution in [0.2, 0.25) is 0 Å². The maximum atomic E-state index is 5.45. The molecule has 0 saturated carbocycles. The fourth-order valence-electron chi connectivity index (χ4n) is 8.75. The molecule has 0 spiro atoms. The molecule has 2 aliphatic carbocycles. The van der Waals surface area contributed by atoms with Crippen LogP contribution in [0.3, 0.4) is 0 Å². The van der Waals surface area contributed by atoms with Gasteiger partial charge in [0.15, 0.2) is 0 Å². The Morgan fingerprint density at radius 1 is 0.488 bits per heavy atom. The minimum atomic E-state index is -0.0662. The van der Waals surface area contributed by atoms with Crippen molar-refractivity contribution in [1.82, 2.24) is 23.2 Å². The lowest BCUT2D eigenvalue weighted by molar-refractivity contribution is 0.660. The highest BCUT2D eigenvalue weighted by molar-refractivity contribution is 6.07. The van der Waals surface area contributed by atoms with Crippen molar-refractivity contribution in [3.8, 4) is 22.3 Å². The minimum Gasteiger partial charge on any atom is -0.276 e. The summed E-state index contributed by atoms with van der Waals surface area (Å²) in [4.78, 5) is 10.8. The summed E-state index contributed by atoms with van der Waals surface area (Å²) >= 11 is 0. The molecule has 0 saturated heterocycles. The van der Waals surface area contributed by atoms with Gasteiger partial charge in [-0.2, -0.15) is 0 Å². The molecular weight excluding hydrogens is 526 g/mol. The van der Waals surface area contributed by atoms with Crippen LogP contribution in [-0.4, -0.2) is 23.2 Å². The predicted octanol–water partition coefficient (Wildman–Crippen LogP) is 8.74. The first kappa shape index (κ1) is 22.4. The SMILES string of the molecule is CC1(C)c2ccccc2-c2cc3nc4n(c3cc21)c1cccc2c1n4c1nc3c4c(ccc3n21)C(C)(C)c1ccccc1-4. The van der Waals surface area contributed by atoms with Gasteiger partial charge in [-0.3, -0.25) is 8.80 Å². The van der Waals surface area contributed by atoms with Gasteiger partial charge in [0.2, 0.25) is 11.6 Å². The van der Waals surface area contributed by atoms with Crippen LogP contribution in [0.5, 0.6) is 0 Å². The van der Waals surface area contributed by atoms with Crippen molar-refractivity contribution in [3.63, 3.8) is 0 Å². The number of rotatable bonds is 0. The van der Waals surface area contributed by atoms with E-state index in [-0.39, 0.29) is 10.8 Å². The zero-order valence-corrected chi connectivity index (χ0v) is 24.4. The van der Waals surface area contributed by atoms with Crippen LogP contribution in [0, 0.1) is 0 Å². The van der Waals surface area contributed by atoms with Gasteiger partial charge in [0.25, 0.3) is 0 Å². The number of nitrogens with zero attached hydrogens (tertiary/aromatic N) is 5. The second-order valence-electron chi connectivity index (χ2n) is 13.6. The first-order valence-corrected chi connectivity index (χ1v) is 15.1. The Bertz CT molecular complexity index is 2730. The fraction of sp³-hybridized carbons (Fsp3) is 0.158. The van der Waals surface area contributed by atoms with E-state index in [9.17, 15) is 0 Å². The van der Waals surface area contributed by atoms with E-state index in [0.29, 0.717) is 0 Å². The maximum absolute atomic E-state index is 5.45. The van der Waals surface area contributed by atoms with Crippen LogP contribution in [-0.2, 0) is 10.8 Å². The van der Waals surface area contributed by atoms with Crippen LogP contribution in [0.25, 0.3) is 72.4 Å². The molecule has 43 heavy (non-hydrogen) atoms. The second-order valence-corrected chi connectivity index (χ2v) is 13.6. The molecule has 9 aromatic rings. The minimum absolute atomic E-state index is 0.0618. The van der Waals surface area contributed by atoms with Crippen LogP contribution < -0.4 is 0 Å². The summed E-state index contributed by atoms with van der Waals surface area (Å²) < 4.78 is 6.97. The lowest BCUT2D eigenvalue weighted by Crippen LogP contribution is -2.14. The lowest BCUT2D eigenvalue weighted by atomic mass is 9.82. The molecule has 0 fully saturated rings. The van der Waals surface area contributed by atoms with Crippen molar-refractivity contribution in [3.05, 3.63) is 113 Å². The van der Waals surface area contributed by atoms with E-state index in [4.69, 9.17) is 9.97 Å². The monoisotopic (exact) mass is 553 g/mol. The van der Waals surface area contributed by atoms with Crippen LogP contribution >= 0.6 is 0 Å². The number of fused-ring (bicyclic) bond motifs is 17. The Morgan fingerprint density at radius 3 is 1.93 bits per heavy atom. The number of benzene rings is 5. The van der Waals surface area contributed by atoms with E-state index in [1.54, 1.807) is 0 Å². The topological polar surface area (TPSA) is 39.0 Å². The van der Waals surface area contributed by atoms with Crippen LogP contribution in [0.4, 0.5) is 0 Å². The summed E-state index contributed by atoms with van der Waals surface area (Å²) in [6.07, 6.45) is 0. The van der Waals surface area contributed by atoms with E-state index in [1.165, 1.54) is 50.0 Å². The van der Waals surface area contributed by atoms with Gasteiger partial charge in [0, 0.05) is 16.4 Å². The summed E-state index contributed by atoms with van der Waals surface area (Å²) in [5.41, 5.74) is 18.4. The second kappa shape index (κ2) is 6.73. The van der Waals surface area contributed by atoms with Crippen molar-refractivity contribution in [2.24, 2.45) is 0 Å². The molecule has 2 aliphatic rings. The third-order valence-electron chi connectivity index (χ3n) is 10.8. The van der Waals surface area contributed by atoms with Crippen molar-refractivity contribution in [2.75, 3.05) is 0 Å². The van der Waals surface area contributed by atoms with Gasteiger partial charge in [-0.1, -0.05) is 88.4 Å². The van der Waals surface area contributed by atoms with E-state index >= 15 is 0 Å². The predicted molar refractivity (Wildman–Crippen MR) is 174 cm³/mol. The number of hydrogen-bond donors (Lipinski definition) is 0. The molecule has 5 aromatic carbocycles. The van der Waals surface area contributed by atoms with Gasteiger partial charge in [0.1, 0.15) is 5.52 Å². The molecule has 0 amide bonds. The van der Waals surface area contributed by atoms with Gasteiger partial charge in [-0.05, 0) is 69.3 Å². The van der Waals surface area contributed by atoms with E-state index in [1.807, 2.05) is 0 Å². The normalized spacial score (nSPS) is 16.3. The molecule has 0 N–H and O–H groups in total. The smallest absolute Gasteiger partial charge is 0.223 e. The van der Waals surface area contributed by atoms with E-state index in [2.05, 4.69) is 132 Å². The zero-order valence-electron chi connectivity index (χ0n) is 24.4. The molecular formula is C38H27N5. The van der Waals surface area contributed by atoms with Gasteiger partial charge < -0.3 is 0 Å². The average molecular weight is 554 g/mol. The molecule has 204 valence electrons. The molecule has 0 aliphatic heterocycles. The number of imidazole rings is 4. The fourth-order valence-corrected chi connectivity index (χ4v) is 8.75. The molecule has 0 bridgehead atoms. The molecule has 11 rings (SSSR count). The molecule has 4 aromatic heterocycles. The Hall–Kier alpha value is -5.16. The Morgan fingerprint density at radius 2 is 1.14 bits per heavy atom. The van der Waals surface area contributed by atoms with Crippen molar-refractivity contribution >= 4 is 50.2 Å². The molecule has 5 nitrogen and oxygen atoms in total. The first-order chi connectivity index (χ1) is 20.9. The average Bonchev–Trinajstić information content (AvgIpc) is 3.80. The largest absolute Gasteiger partial charge is 0.276 e. The number of para-hydroxylation sites is 1. The van der Waals surface area contributed by atoms with E-state index < -0.39 is 0 Å². The highest BCUT2D eigenvalue weighted by Crippen LogP contribution is 2.52. The summed E-state index contributed by atoms with van der Waals surface area (Å²) in [6.45, 7) is 9.34. The molecule has 0 unspecified atom stereocenters. The van der Waals surface area contributed by atoms with Crippen molar-refractivity contribution < 1.29 is 0 Å². The van der Waals surface area contributed by atoms with Crippen LogP contribution in [0.15, 0.2) is 91.0 Å². The maximum Gasteiger partial charge on any atom is 0.223 e. The lowest BCUT2D eigenvalue weighted by Gasteiger charge is -2.21. The Balaban J connectivity index is 1.29. The third-order valence-corrected chi connectivity index (χ3v) is 10.8. The Kier molecular flexibility index (Phi) is 3.51. The zero-order chi connectivity index (χ0) is 28.6. The van der Waals surface area contributed by atoms with Crippen molar-refractivity contribution in [1.29, 1.82) is 0 Å². The third kappa shape index (κ3) is 2.29. The van der Waals surface area contributed by atoms with Crippen LogP contribution in [0.1, 0.15) is 49.9 Å². The highest BCUT2D eigenvalue weighted by Gasteiger charge is 2.38. The van der Waals surface area contributed by atoms with E-state index in [0.717, 1.165) is 44.7 Å². The van der Waals surface area contributed by atoms with Gasteiger partial charge in [0.05, 0.1) is 33.1 Å². The van der Waals surface area contributed by atoms with Gasteiger partial charge >= 0.3 is 0 Å². The summed E-state index contributed by atoms with van der Waals surface area (Å²) in [5.74, 6) is 1.83. The highest BCUT2D eigenvalue weighted by atomic mass is 15.3. The summed E-state index contributed by atoms with van der Waals surface area (Å²) in [6, 6.07) is 33.5. The van der Waals surface area contributed by atoms with Gasteiger partial charge in [-0.15, -0.1) is 0 Å². The number of aromatic nitrogens is 5. The summed E-state index contributed by atoms with van der Waals surface area (Å²) in [5, 5.41) is 0. The van der Waals surface area contributed by atoms with Gasteiger partial charge in [-0.25, -0.2) is 14.4 Å². The summed E-state index contributed by atoms with van der Waals surface area (Å²) in [7, 11) is 0. The molecule has 5 heteroatoms. The molecule has 0 atom stereocenters. The molecule has 0 radical (unpaired) electrons. The quantitative estimate of drug-likeness (QED) is 0.188. The molecule has 4 heterocycles. The standard InChI is InChI=1S/C38H27N5/c1-37(2)24-13-8-6-11-21(24)32-25(37)16-17-28-33(32)40-36-41(28)29-14-9-15-30-34(29)43(36)35-39-27-18-22-20-10-5-7-12-23(20)38(3,4)26(22)19-31(27)42(30)35/h5-19H,1-4H3. The number of hydrogen-bond acceptors (Lipinski definition) is 2. The first-order valence-electron chi connectivity index (χ1n) is 15.1. The Labute approximate surface area is 247 Å².